The van der Waals surface area contributed by atoms with E-state index in [0.717, 1.165) is 24.1 Å². The normalized spacial score (nSPS) is 11.6. The minimum atomic E-state index is -0.302. The zero-order valence-electron chi connectivity index (χ0n) is 21.4. The van der Waals surface area contributed by atoms with Crippen molar-refractivity contribution in [3.8, 4) is 11.8 Å². The molecule has 0 aliphatic carbocycles. The number of methoxy groups -OCH3 is 1. The highest BCUT2D eigenvalue weighted by Crippen LogP contribution is 2.26. The number of carbonyl (C=O) groups is 1. The topological polar surface area (TPSA) is 92.0 Å². The Labute approximate surface area is 228 Å². The summed E-state index contributed by atoms with van der Waals surface area (Å²) in [6.07, 6.45) is 0.769. The van der Waals surface area contributed by atoms with Gasteiger partial charge in [0.1, 0.15) is 17.5 Å². The van der Waals surface area contributed by atoms with E-state index in [1.54, 1.807) is 48.2 Å². The Morgan fingerprint density at radius 1 is 1.05 bits per heavy atom. The van der Waals surface area contributed by atoms with Crippen LogP contribution in [0, 0.1) is 18.3 Å². The maximum absolute atomic E-state index is 13.3. The molecule has 0 saturated carbocycles. The predicted octanol–water partition coefficient (Wildman–Crippen LogP) is 5.72. The fraction of sp³-hybridized carbons (Fsp3) is 0.233. The lowest BCUT2D eigenvalue weighted by molar-refractivity contribution is 0.103. The number of nitrogens with one attached hydrogen (secondary N) is 2. The Morgan fingerprint density at radius 2 is 1.76 bits per heavy atom. The van der Waals surface area contributed by atoms with Gasteiger partial charge in [-0.2, -0.15) is 10.4 Å². The highest BCUT2D eigenvalue weighted by atomic mass is 35.5. The number of carbonyl (C=O) groups excluding carboxylic acids is 1. The minimum Gasteiger partial charge on any atom is -0.383 e. The number of hydrogen-bond acceptors (Lipinski definition) is 6. The van der Waals surface area contributed by atoms with Gasteiger partial charge in [-0.15, -0.1) is 0 Å². The van der Waals surface area contributed by atoms with E-state index >= 15 is 0 Å². The number of nitrogens with zero attached hydrogens (tertiary/aromatic N) is 3. The third kappa shape index (κ3) is 6.48. The van der Waals surface area contributed by atoms with Crippen molar-refractivity contribution >= 4 is 23.2 Å². The van der Waals surface area contributed by atoms with E-state index in [4.69, 9.17) is 16.3 Å². The lowest BCUT2D eigenvalue weighted by atomic mass is 10.0. The molecule has 1 heterocycles. The SMILES string of the molecule is COC[C@H](NCCCNc1c(C#N)c(C(=O)c2ccc(C)cc2)nn1-c1ccc(Cl)cc1)c1ccccc1. The highest BCUT2D eigenvalue weighted by Gasteiger charge is 2.25. The van der Waals surface area contributed by atoms with Crippen LogP contribution in [0.15, 0.2) is 78.9 Å². The van der Waals surface area contributed by atoms with Crippen LogP contribution in [-0.2, 0) is 4.74 Å². The number of aryl methyl sites for hydroxylation is 1. The van der Waals surface area contributed by atoms with E-state index in [0.29, 0.717) is 35.2 Å². The van der Waals surface area contributed by atoms with Gasteiger partial charge in [0.25, 0.3) is 0 Å². The summed E-state index contributed by atoms with van der Waals surface area (Å²) in [7, 11) is 1.69. The van der Waals surface area contributed by atoms with E-state index in [1.165, 1.54) is 0 Å². The number of halogens is 1. The second kappa shape index (κ2) is 13.0. The van der Waals surface area contributed by atoms with Gasteiger partial charge in [0.2, 0.25) is 5.78 Å². The van der Waals surface area contributed by atoms with Crippen LogP contribution in [0.2, 0.25) is 5.02 Å². The zero-order chi connectivity index (χ0) is 26.9. The lowest BCUT2D eigenvalue weighted by Crippen LogP contribution is -2.27. The molecule has 0 aliphatic rings. The van der Waals surface area contributed by atoms with Gasteiger partial charge in [-0.25, -0.2) is 4.68 Å². The van der Waals surface area contributed by atoms with Crippen LogP contribution in [0.4, 0.5) is 5.82 Å². The van der Waals surface area contributed by atoms with Crippen molar-refractivity contribution < 1.29 is 9.53 Å². The lowest BCUT2D eigenvalue weighted by Gasteiger charge is -2.18. The molecule has 0 bridgehead atoms. The molecule has 1 atom stereocenters. The molecule has 3 aromatic carbocycles. The van der Waals surface area contributed by atoms with Crippen molar-refractivity contribution in [2.45, 2.75) is 19.4 Å². The first-order valence-electron chi connectivity index (χ1n) is 12.4. The molecule has 194 valence electrons. The number of hydrogen-bond donors (Lipinski definition) is 2. The molecule has 0 saturated heterocycles. The summed E-state index contributed by atoms with van der Waals surface area (Å²) in [5.41, 5.74) is 3.70. The van der Waals surface area contributed by atoms with Gasteiger partial charge in [-0.05, 0) is 49.7 Å². The van der Waals surface area contributed by atoms with Crippen LogP contribution in [0.25, 0.3) is 5.69 Å². The highest BCUT2D eigenvalue weighted by molar-refractivity contribution is 6.30. The third-order valence-corrected chi connectivity index (χ3v) is 6.42. The van der Waals surface area contributed by atoms with Crippen LogP contribution < -0.4 is 10.6 Å². The zero-order valence-corrected chi connectivity index (χ0v) is 22.2. The summed E-state index contributed by atoms with van der Waals surface area (Å²) >= 11 is 6.09. The van der Waals surface area contributed by atoms with E-state index in [-0.39, 0.29) is 23.1 Å². The maximum atomic E-state index is 13.3. The van der Waals surface area contributed by atoms with Crippen LogP contribution in [-0.4, -0.2) is 42.4 Å². The molecule has 8 heteroatoms. The molecular weight excluding hydrogens is 498 g/mol. The Kier molecular flexibility index (Phi) is 9.28. The number of aromatic nitrogens is 2. The van der Waals surface area contributed by atoms with Crippen LogP contribution in [0.3, 0.4) is 0 Å². The van der Waals surface area contributed by atoms with Crippen molar-refractivity contribution in [3.63, 3.8) is 0 Å². The Hall–Kier alpha value is -3.96. The van der Waals surface area contributed by atoms with Gasteiger partial charge >= 0.3 is 0 Å². The molecule has 4 aromatic rings. The predicted molar refractivity (Wildman–Crippen MR) is 150 cm³/mol. The summed E-state index contributed by atoms with van der Waals surface area (Å²) in [6, 6.07) is 26.8. The Balaban J connectivity index is 1.54. The number of ether oxygens (including phenoxy) is 1. The van der Waals surface area contributed by atoms with Crippen LogP contribution in [0.5, 0.6) is 0 Å². The molecule has 0 fully saturated rings. The van der Waals surface area contributed by atoms with Gasteiger partial charge in [-0.3, -0.25) is 4.79 Å². The first kappa shape index (κ1) is 27.1. The second-order valence-corrected chi connectivity index (χ2v) is 9.36. The first-order valence-corrected chi connectivity index (χ1v) is 12.8. The van der Waals surface area contributed by atoms with Crippen LogP contribution >= 0.6 is 11.6 Å². The molecular formula is C30H30ClN5O2. The number of nitriles is 1. The van der Waals surface area contributed by atoms with Crippen molar-refractivity contribution in [1.82, 2.24) is 15.1 Å². The van der Waals surface area contributed by atoms with Gasteiger partial charge in [0.15, 0.2) is 5.69 Å². The van der Waals surface area contributed by atoms with E-state index in [2.05, 4.69) is 33.9 Å². The molecule has 38 heavy (non-hydrogen) atoms. The van der Waals surface area contributed by atoms with Crippen molar-refractivity contribution in [2.24, 2.45) is 0 Å². The number of ketones is 1. The van der Waals surface area contributed by atoms with Crippen molar-refractivity contribution in [1.29, 1.82) is 5.26 Å². The first-order chi connectivity index (χ1) is 18.5. The smallest absolute Gasteiger partial charge is 0.214 e. The van der Waals surface area contributed by atoms with Gasteiger partial charge in [0.05, 0.1) is 18.3 Å². The van der Waals surface area contributed by atoms with E-state index < -0.39 is 0 Å². The summed E-state index contributed by atoms with van der Waals surface area (Å²) in [4.78, 5) is 13.3. The van der Waals surface area contributed by atoms with Gasteiger partial charge in [-0.1, -0.05) is 71.8 Å². The molecule has 0 spiro atoms. The number of benzene rings is 3. The van der Waals surface area contributed by atoms with Crippen molar-refractivity contribution in [2.75, 3.05) is 32.1 Å². The molecule has 4 rings (SSSR count). The number of anilines is 1. The van der Waals surface area contributed by atoms with Crippen molar-refractivity contribution in [3.05, 3.63) is 112 Å². The van der Waals surface area contributed by atoms with Crippen LogP contribution in [0.1, 0.15) is 45.2 Å². The standard InChI is InChI=1S/C30H30ClN5O2/c1-21-9-11-23(12-10-21)29(37)28-26(19-32)30(36(35-28)25-15-13-24(31)14-16-25)34-18-6-17-33-27(20-38-2)22-7-4-3-5-8-22/h3-5,7-16,27,33-34H,6,17-18,20H2,1-2H3/t27-/m0/s1. The molecule has 0 amide bonds. The fourth-order valence-corrected chi connectivity index (χ4v) is 4.28. The molecule has 0 aliphatic heterocycles. The van der Waals surface area contributed by atoms with Gasteiger partial charge < -0.3 is 15.4 Å². The average Bonchev–Trinajstić information content (AvgIpc) is 3.31. The quantitative estimate of drug-likeness (QED) is 0.181. The average molecular weight is 528 g/mol. The van der Waals surface area contributed by atoms with E-state index in [1.807, 2.05) is 37.3 Å². The second-order valence-electron chi connectivity index (χ2n) is 8.92. The monoisotopic (exact) mass is 527 g/mol. The largest absolute Gasteiger partial charge is 0.383 e. The Morgan fingerprint density at radius 3 is 2.42 bits per heavy atom. The Bertz CT molecular complexity index is 1390. The summed E-state index contributed by atoms with van der Waals surface area (Å²) in [5.74, 6) is 0.172. The molecule has 0 radical (unpaired) electrons. The number of rotatable bonds is 12. The molecule has 1 aromatic heterocycles. The third-order valence-electron chi connectivity index (χ3n) is 6.17. The fourth-order valence-electron chi connectivity index (χ4n) is 4.15. The molecule has 0 unspecified atom stereocenters. The minimum absolute atomic E-state index is 0.0780. The maximum Gasteiger partial charge on any atom is 0.214 e. The molecule has 2 N–H and O–H groups in total. The summed E-state index contributed by atoms with van der Waals surface area (Å²) < 4.78 is 6.99. The molecule has 7 nitrogen and oxygen atoms in total. The van der Waals surface area contributed by atoms with E-state index in [9.17, 15) is 10.1 Å². The summed E-state index contributed by atoms with van der Waals surface area (Å²) in [5, 5.41) is 22.1. The summed E-state index contributed by atoms with van der Waals surface area (Å²) in [6.45, 7) is 3.80. The van der Waals surface area contributed by atoms with Gasteiger partial charge in [0, 0.05) is 24.2 Å².